The van der Waals surface area contributed by atoms with Crippen molar-refractivity contribution in [2.24, 2.45) is 0 Å². The Morgan fingerprint density at radius 1 is 1.33 bits per heavy atom. The Morgan fingerprint density at radius 2 is 2.07 bits per heavy atom. The average Bonchev–Trinajstić information content (AvgIpc) is 2.58. The number of likely N-dealkylation sites (N-methyl/N-ethyl adjacent to an activating group) is 1. The maximum Gasteiger partial charge on any atom is 0.0944 e. The highest BCUT2D eigenvalue weighted by atomic mass is 32.1. The number of hydrogen-bond donors (Lipinski definition) is 1. The number of aliphatic hydroxyl groups excluding tert-OH is 1. The number of nitrogens with zero attached hydrogens (tertiary/aromatic N) is 2. The first-order valence-corrected chi connectivity index (χ1v) is 6.22. The van der Waals surface area contributed by atoms with Gasteiger partial charge in [-0.2, -0.15) is 0 Å². The zero-order valence-corrected chi connectivity index (χ0v) is 10.6. The second-order valence-corrected chi connectivity index (χ2v) is 5.11. The van der Waals surface area contributed by atoms with Crippen LogP contribution in [0.15, 0.2) is 0 Å². The third kappa shape index (κ3) is 3.89. The van der Waals surface area contributed by atoms with Crippen molar-refractivity contribution in [3.05, 3.63) is 15.6 Å². The number of aryl methyl sites for hydroxylation is 1. The first kappa shape index (κ1) is 12.6. The van der Waals surface area contributed by atoms with Crippen molar-refractivity contribution >= 4 is 11.3 Å². The fourth-order valence-electron chi connectivity index (χ4n) is 1.42. The number of rotatable bonds is 6. The molecule has 0 amide bonds. The number of thiazole rings is 1. The minimum atomic E-state index is 0.134. The van der Waals surface area contributed by atoms with Crippen molar-refractivity contribution in [2.75, 3.05) is 20.6 Å². The predicted octanol–water partition coefficient (Wildman–Crippen LogP) is 1.69. The van der Waals surface area contributed by atoms with Crippen LogP contribution in [-0.2, 0) is 19.4 Å². The van der Waals surface area contributed by atoms with Crippen molar-refractivity contribution < 1.29 is 5.11 Å². The molecule has 86 valence electrons. The van der Waals surface area contributed by atoms with Gasteiger partial charge in [0, 0.05) is 13.0 Å². The summed E-state index contributed by atoms with van der Waals surface area (Å²) < 4.78 is 0. The maximum absolute atomic E-state index is 9.20. The summed E-state index contributed by atoms with van der Waals surface area (Å²) >= 11 is 1.65. The van der Waals surface area contributed by atoms with Gasteiger partial charge in [-0.25, -0.2) is 4.98 Å². The molecule has 1 aromatic rings. The minimum Gasteiger partial charge on any atom is -0.391 e. The molecule has 1 N–H and O–H groups in total. The van der Waals surface area contributed by atoms with E-state index in [0.717, 1.165) is 41.4 Å². The largest absolute Gasteiger partial charge is 0.391 e. The molecule has 0 fully saturated rings. The predicted molar refractivity (Wildman–Crippen MR) is 64.3 cm³/mol. The Morgan fingerprint density at radius 3 is 2.60 bits per heavy atom. The van der Waals surface area contributed by atoms with E-state index in [-0.39, 0.29) is 6.61 Å². The zero-order valence-electron chi connectivity index (χ0n) is 9.79. The number of aliphatic hydroxyl groups is 1. The molecule has 1 heterocycles. The van der Waals surface area contributed by atoms with Crippen LogP contribution in [0.1, 0.15) is 28.9 Å². The van der Waals surface area contributed by atoms with E-state index in [4.69, 9.17) is 0 Å². The standard InChI is InChI=1S/C11H20N2OS/c1-4-5-9-10(8-14)15-11(12-9)6-7-13(2)3/h14H,4-8H2,1-3H3. The fourth-order valence-corrected chi connectivity index (χ4v) is 2.38. The summed E-state index contributed by atoms with van der Waals surface area (Å²) in [5.41, 5.74) is 1.10. The molecular weight excluding hydrogens is 208 g/mol. The lowest BCUT2D eigenvalue weighted by molar-refractivity contribution is 0.284. The quantitative estimate of drug-likeness (QED) is 0.805. The smallest absolute Gasteiger partial charge is 0.0944 e. The third-order valence-corrected chi connectivity index (χ3v) is 3.37. The molecule has 0 bridgehead atoms. The summed E-state index contributed by atoms with van der Waals surface area (Å²) in [6, 6.07) is 0. The summed E-state index contributed by atoms with van der Waals surface area (Å²) in [6.07, 6.45) is 3.05. The van der Waals surface area contributed by atoms with Gasteiger partial charge in [0.1, 0.15) is 0 Å². The van der Waals surface area contributed by atoms with Crippen LogP contribution in [0.2, 0.25) is 0 Å². The Bertz CT molecular complexity index is 297. The number of aromatic nitrogens is 1. The molecule has 0 aromatic carbocycles. The normalized spacial score (nSPS) is 11.3. The lowest BCUT2D eigenvalue weighted by Gasteiger charge is -2.06. The lowest BCUT2D eigenvalue weighted by Crippen LogP contribution is -2.14. The van der Waals surface area contributed by atoms with E-state index in [0.29, 0.717) is 0 Å². The molecule has 0 saturated carbocycles. The second kappa shape index (κ2) is 6.20. The van der Waals surface area contributed by atoms with E-state index in [2.05, 4.69) is 30.9 Å². The summed E-state index contributed by atoms with van der Waals surface area (Å²) in [5.74, 6) is 0. The molecule has 0 aliphatic rings. The SMILES string of the molecule is CCCc1nc(CCN(C)C)sc1CO. The molecule has 0 spiro atoms. The molecule has 0 aliphatic heterocycles. The highest BCUT2D eigenvalue weighted by Gasteiger charge is 2.09. The molecule has 1 rings (SSSR count). The summed E-state index contributed by atoms with van der Waals surface area (Å²) in [4.78, 5) is 7.77. The van der Waals surface area contributed by atoms with E-state index in [9.17, 15) is 5.11 Å². The molecular formula is C11H20N2OS. The summed E-state index contributed by atoms with van der Waals surface area (Å²) in [6.45, 7) is 3.29. The zero-order chi connectivity index (χ0) is 11.3. The Balaban J connectivity index is 2.65. The van der Waals surface area contributed by atoms with Crippen LogP contribution in [0.5, 0.6) is 0 Å². The van der Waals surface area contributed by atoms with Crippen LogP contribution in [-0.4, -0.2) is 35.6 Å². The van der Waals surface area contributed by atoms with Crippen LogP contribution < -0.4 is 0 Å². The molecule has 0 saturated heterocycles. The fraction of sp³-hybridized carbons (Fsp3) is 0.727. The lowest BCUT2D eigenvalue weighted by atomic mass is 10.2. The van der Waals surface area contributed by atoms with Crippen molar-refractivity contribution in [1.82, 2.24) is 9.88 Å². The Labute approximate surface area is 95.8 Å². The topological polar surface area (TPSA) is 36.4 Å². The van der Waals surface area contributed by atoms with Gasteiger partial charge in [0.15, 0.2) is 0 Å². The third-order valence-electron chi connectivity index (χ3n) is 2.23. The molecule has 1 aromatic heterocycles. The van der Waals surface area contributed by atoms with Crippen LogP contribution in [0.4, 0.5) is 0 Å². The highest BCUT2D eigenvalue weighted by molar-refractivity contribution is 7.11. The van der Waals surface area contributed by atoms with Gasteiger partial charge in [0.25, 0.3) is 0 Å². The first-order valence-electron chi connectivity index (χ1n) is 5.40. The van der Waals surface area contributed by atoms with Crippen molar-refractivity contribution in [2.45, 2.75) is 32.8 Å². The van der Waals surface area contributed by atoms with Crippen molar-refractivity contribution in [1.29, 1.82) is 0 Å². The van der Waals surface area contributed by atoms with E-state index in [1.54, 1.807) is 11.3 Å². The molecule has 15 heavy (non-hydrogen) atoms. The van der Waals surface area contributed by atoms with Gasteiger partial charge in [-0.3, -0.25) is 0 Å². The Hall–Kier alpha value is -0.450. The molecule has 0 aliphatic carbocycles. The van der Waals surface area contributed by atoms with Gasteiger partial charge in [-0.15, -0.1) is 11.3 Å². The molecule has 4 heteroatoms. The second-order valence-electron chi connectivity index (χ2n) is 3.94. The van der Waals surface area contributed by atoms with E-state index in [1.807, 2.05) is 0 Å². The molecule has 3 nitrogen and oxygen atoms in total. The van der Waals surface area contributed by atoms with Gasteiger partial charge in [-0.1, -0.05) is 13.3 Å². The summed E-state index contributed by atoms with van der Waals surface area (Å²) in [7, 11) is 4.13. The first-order chi connectivity index (χ1) is 7.17. The van der Waals surface area contributed by atoms with Crippen LogP contribution >= 0.6 is 11.3 Å². The average molecular weight is 228 g/mol. The summed E-state index contributed by atoms with van der Waals surface area (Å²) in [5, 5.41) is 10.3. The minimum absolute atomic E-state index is 0.134. The van der Waals surface area contributed by atoms with Gasteiger partial charge < -0.3 is 10.0 Å². The van der Waals surface area contributed by atoms with Crippen molar-refractivity contribution in [3.63, 3.8) is 0 Å². The van der Waals surface area contributed by atoms with Gasteiger partial charge in [-0.05, 0) is 20.5 Å². The van der Waals surface area contributed by atoms with Crippen LogP contribution in [0.3, 0.4) is 0 Å². The van der Waals surface area contributed by atoms with Gasteiger partial charge in [0.2, 0.25) is 0 Å². The van der Waals surface area contributed by atoms with Crippen molar-refractivity contribution in [3.8, 4) is 0 Å². The van der Waals surface area contributed by atoms with Gasteiger partial charge in [0.05, 0.1) is 22.2 Å². The Kier molecular flexibility index (Phi) is 5.22. The number of hydrogen-bond acceptors (Lipinski definition) is 4. The monoisotopic (exact) mass is 228 g/mol. The maximum atomic E-state index is 9.20. The van der Waals surface area contributed by atoms with E-state index < -0.39 is 0 Å². The van der Waals surface area contributed by atoms with Crippen LogP contribution in [0.25, 0.3) is 0 Å². The molecule has 0 unspecified atom stereocenters. The molecule has 0 atom stereocenters. The highest BCUT2D eigenvalue weighted by Crippen LogP contribution is 2.20. The van der Waals surface area contributed by atoms with E-state index >= 15 is 0 Å². The molecule has 0 radical (unpaired) electrons. The van der Waals surface area contributed by atoms with E-state index in [1.165, 1.54) is 0 Å². The van der Waals surface area contributed by atoms with Gasteiger partial charge >= 0.3 is 0 Å². The van der Waals surface area contributed by atoms with Crippen LogP contribution in [0, 0.1) is 0 Å².